The zero-order valence-corrected chi connectivity index (χ0v) is 18.6. The molecule has 158 valence electrons. The normalized spacial score (nSPS) is 11.9. The molecule has 2 aromatic carbocycles. The average molecular weight is 453 g/mol. The van der Waals surface area contributed by atoms with E-state index >= 15 is 0 Å². The molecule has 6 nitrogen and oxygen atoms in total. The fraction of sp³-hybridized carbons (Fsp3) is 0.130. The van der Waals surface area contributed by atoms with E-state index in [-0.39, 0.29) is 5.97 Å². The maximum absolute atomic E-state index is 12.9. The van der Waals surface area contributed by atoms with Gasteiger partial charge in [-0.15, -0.1) is 0 Å². The highest BCUT2D eigenvalue weighted by Gasteiger charge is 2.16. The molecule has 0 bridgehead atoms. The number of ether oxygens (including phenoxy) is 1. The van der Waals surface area contributed by atoms with Crippen LogP contribution in [0.15, 0.2) is 81.4 Å². The molecule has 0 saturated carbocycles. The molecule has 0 aliphatic carbocycles. The number of benzene rings is 2. The fourth-order valence-electron chi connectivity index (χ4n) is 3.05. The van der Waals surface area contributed by atoms with Crippen LogP contribution in [0.2, 0.25) is 0 Å². The molecule has 0 amide bonds. The first-order chi connectivity index (χ1) is 15.0. The van der Waals surface area contributed by atoms with Crippen molar-refractivity contribution in [3.05, 3.63) is 83.6 Å². The maximum Gasteiger partial charge on any atom is 0.338 e. The smallest absolute Gasteiger partial charge is 0.338 e. The number of nitrogens with one attached hydrogen (secondary N) is 1. The second-order valence-electron chi connectivity index (χ2n) is 6.78. The third-order valence-electron chi connectivity index (χ3n) is 4.56. The molecule has 0 spiro atoms. The van der Waals surface area contributed by atoms with Crippen LogP contribution in [0, 0.1) is 6.92 Å². The molecule has 2 aromatic heterocycles. The van der Waals surface area contributed by atoms with Gasteiger partial charge in [-0.05, 0) is 36.2 Å². The van der Waals surface area contributed by atoms with Crippen LogP contribution in [-0.4, -0.2) is 22.3 Å². The zero-order valence-electron chi connectivity index (χ0n) is 17.0. The minimum atomic E-state index is -1.59. The zero-order chi connectivity index (χ0) is 21.8. The third kappa shape index (κ3) is 4.81. The molecule has 31 heavy (non-hydrogen) atoms. The van der Waals surface area contributed by atoms with E-state index in [4.69, 9.17) is 9.15 Å². The average Bonchev–Trinajstić information content (AvgIpc) is 3.23. The van der Waals surface area contributed by atoms with Gasteiger partial charge in [0.05, 0.1) is 18.4 Å². The van der Waals surface area contributed by atoms with Crippen LogP contribution in [0.1, 0.15) is 21.5 Å². The lowest BCUT2D eigenvalue weighted by atomic mass is 10.1. The number of hydrogen-bond donors (Lipinski definition) is 1. The van der Waals surface area contributed by atoms with Crippen molar-refractivity contribution in [2.75, 3.05) is 11.8 Å². The lowest BCUT2D eigenvalue weighted by Crippen LogP contribution is -2.07. The summed E-state index contributed by atoms with van der Waals surface area (Å²) in [6.45, 7) is 1.92. The first-order valence-electron chi connectivity index (χ1n) is 9.48. The molecule has 4 rings (SSSR count). The number of anilines is 1. The first-order valence-corrected chi connectivity index (χ1v) is 11.6. The van der Waals surface area contributed by atoms with Crippen molar-refractivity contribution < 1.29 is 18.2 Å². The Morgan fingerprint density at radius 3 is 2.74 bits per heavy atom. The molecule has 0 aliphatic heterocycles. The summed E-state index contributed by atoms with van der Waals surface area (Å²) in [5.41, 5.74) is 3.61. The number of aromatic nitrogens is 1. The van der Waals surface area contributed by atoms with Crippen molar-refractivity contribution in [1.29, 1.82) is 0 Å². The Bertz CT molecular complexity index is 1240. The summed E-state index contributed by atoms with van der Waals surface area (Å²) in [5, 5.41) is 1.91. The van der Waals surface area contributed by atoms with Crippen LogP contribution in [0.5, 0.6) is 0 Å². The minimum Gasteiger partial charge on any atom is -0.465 e. The highest BCUT2D eigenvalue weighted by Crippen LogP contribution is 2.31. The second kappa shape index (κ2) is 9.36. The van der Waals surface area contributed by atoms with E-state index in [9.17, 15) is 9.00 Å². The van der Waals surface area contributed by atoms with Crippen molar-refractivity contribution in [2.45, 2.75) is 22.8 Å². The van der Waals surface area contributed by atoms with Crippen molar-refractivity contribution in [2.24, 2.45) is 0 Å². The van der Waals surface area contributed by atoms with Crippen molar-refractivity contribution >= 4 is 45.4 Å². The third-order valence-corrected chi connectivity index (χ3v) is 6.59. The Kier molecular flexibility index (Phi) is 6.39. The van der Waals surface area contributed by atoms with Gasteiger partial charge in [0, 0.05) is 23.4 Å². The van der Waals surface area contributed by atoms with E-state index < -0.39 is 11.0 Å². The van der Waals surface area contributed by atoms with Crippen LogP contribution < -0.4 is 4.72 Å². The van der Waals surface area contributed by atoms with Gasteiger partial charge in [-0.2, -0.15) is 0 Å². The Balaban J connectivity index is 1.55. The number of pyridine rings is 1. The summed E-state index contributed by atoms with van der Waals surface area (Å²) in [6, 6.07) is 18.5. The SMILES string of the molecule is COC(=O)c1ccccc1CSc1ncc(C)cc1NS(=O)c1cc2ccccc2o1. The van der Waals surface area contributed by atoms with Gasteiger partial charge in [-0.1, -0.05) is 48.2 Å². The predicted molar refractivity (Wildman–Crippen MR) is 123 cm³/mol. The van der Waals surface area contributed by atoms with Crippen molar-refractivity contribution in [3.63, 3.8) is 0 Å². The van der Waals surface area contributed by atoms with Gasteiger partial charge in [0.2, 0.25) is 5.09 Å². The van der Waals surface area contributed by atoms with Gasteiger partial charge >= 0.3 is 5.97 Å². The van der Waals surface area contributed by atoms with E-state index in [1.54, 1.807) is 24.4 Å². The summed E-state index contributed by atoms with van der Waals surface area (Å²) < 4.78 is 26.5. The van der Waals surface area contributed by atoms with E-state index in [1.807, 2.05) is 49.4 Å². The van der Waals surface area contributed by atoms with Crippen LogP contribution in [0.4, 0.5) is 5.69 Å². The lowest BCUT2D eigenvalue weighted by molar-refractivity contribution is 0.0600. The first kappa shape index (κ1) is 21.1. The maximum atomic E-state index is 12.9. The van der Waals surface area contributed by atoms with Gasteiger partial charge < -0.3 is 9.15 Å². The number of furan rings is 1. The molecule has 1 N–H and O–H groups in total. The number of carbonyl (C=O) groups excluding carboxylic acids is 1. The molecular formula is C23H20N2O4S2. The number of thioether (sulfide) groups is 1. The summed E-state index contributed by atoms with van der Waals surface area (Å²) in [7, 11) is -0.227. The molecule has 1 atom stereocenters. The summed E-state index contributed by atoms with van der Waals surface area (Å²) in [4.78, 5) is 16.5. The lowest BCUT2D eigenvalue weighted by Gasteiger charge is -2.12. The van der Waals surface area contributed by atoms with Gasteiger partial charge in [0.15, 0.2) is 11.0 Å². The number of para-hydroxylation sites is 1. The molecule has 8 heteroatoms. The summed E-state index contributed by atoms with van der Waals surface area (Å²) in [5.74, 6) is 0.130. The Morgan fingerprint density at radius 2 is 1.94 bits per heavy atom. The number of methoxy groups -OCH3 is 1. The number of fused-ring (bicyclic) bond motifs is 1. The van der Waals surface area contributed by atoms with Gasteiger partial charge in [0.25, 0.3) is 0 Å². The molecule has 0 fully saturated rings. The van der Waals surface area contributed by atoms with Gasteiger partial charge in [-0.25, -0.2) is 14.0 Å². The molecule has 4 aromatic rings. The quantitative estimate of drug-likeness (QED) is 0.301. The number of esters is 1. The second-order valence-corrected chi connectivity index (χ2v) is 8.88. The molecule has 0 radical (unpaired) electrons. The topological polar surface area (TPSA) is 81.4 Å². The Labute approximate surface area is 186 Å². The van der Waals surface area contributed by atoms with Crippen LogP contribution in [-0.2, 0) is 21.5 Å². The van der Waals surface area contributed by atoms with E-state index in [0.717, 1.165) is 16.5 Å². The standard InChI is InChI=1S/C23H20N2O4S2/c1-15-11-19(25-31(27)21-12-16-7-4-6-10-20(16)29-21)22(24-13-15)30-14-17-8-3-5-9-18(17)23(26)28-2/h3-13,25H,14H2,1-2H3. The largest absolute Gasteiger partial charge is 0.465 e. The molecule has 0 aliphatic rings. The van der Waals surface area contributed by atoms with Crippen LogP contribution >= 0.6 is 11.8 Å². The monoisotopic (exact) mass is 452 g/mol. The highest BCUT2D eigenvalue weighted by atomic mass is 32.2. The van der Waals surface area contributed by atoms with Crippen LogP contribution in [0.3, 0.4) is 0 Å². The molecule has 2 heterocycles. The number of carbonyl (C=O) groups is 1. The molecular weight excluding hydrogens is 432 g/mol. The van der Waals surface area contributed by atoms with Crippen molar-refractivity contribution in [3.8, 4) is 0 Å². The number of nitrogens with zero attached hydrogens (tertiary/aromatic N) is 1. The summed E-state index contributed by atoms with van der Waals surface area (Å²) in [6.07, 6.45) is 1.75. The van der Waals surface area contributed by atoms with Crippen LogP contribution in [0.25, 0.3) is 11.0 Å². The minimum absolute atomic E-state index is 0.342. The number of hydrogen-bond acceptors (Lipinski definition) is 6. The number of rotatable bonds is 7. The Hall–Kier alpha value is -3.10. The Morgan fingerprint density at radius 1 is 1.16 bits per heavy atom. The summed E-state index contributed by atoms with van der Waals surface area (Å²) >= 11 is 1.45. The van der Waals surface area contributed by atoms with E-state index in [0.29, 0.717) is 32.7 Å². The molecule has 0 saturated heterocycles. The highest BCUT2D eigenvalue weighted by molar-refractivity contribution is 7.98. The predicted octanol–water partition coefficient (Wildman–Crippen LogP) is 5.35. The number of aryl methyl sites for hydroxylation is 1. The van der Waals surface area contributed by atoms with Gasteiger partial charge in [0.1, 0.15) is 10.6 Å². The molecule has 1 unspecified atom stereocenters. The van der Waals surface area contributed by atoms with E-state index in [2.05, 4.69) is 9.71 Å². The van der Waals surface area contributed by atoms with E-state index in [1.165, 1.54) is 18.9 Å². The van der Waals surface area contributed by atoms with Crippen molar-refractivity contribution in [1.82, 2.24) is 4.98 Å². The van der Waals surface area contributed by atoms with Gasteiger partial charge in [-0.3, -0.25) is 4.72 Å². The fourth-order valence-corrected chi connectivity index (χ4v) is 4.90.